The Morgan fingerprint density at radius 3 is 2.96 bits per heavy atom. The number of rotatable bonds is 6. The molecule has 0 fully saturated rings. The van der Waals surface area contributed by atoms with Crippen LogP contribution in [0.15, 0.2) is 28.3 Å². The lowest BCUT2D eigenvalue weighted by atomic mass is 9.97. The van der Waals surface area contributed by atoms with Gasteiger partial charge in [-0.25, -0.2) is 0 Å². The molecule has 0 saturated heterocycles. The van der Waals surface area contributed by atoms with Crippen LogP contribution in [0.1, 0.15) is 53.0 Å². The summed E-state index contributed by atoms with van der Waals surface area (Å²) in [6.07, 6.45) is 3.08. The fourth-order valence-corrected chi connectivity index (χ4v) is 4.78. The van der Waals surface area contributed by atoms with E-state index in [9.17, 15) is 9.59 Å². The smallest absolute Gasteiger partial charge is 0.252 e. The van der Waals surface area contributed by atoms with Crippen molar-refractivity contribution in [2.24, 2.45) is 0 Å². The van der Waals surface area contributed by atoms with Crippen LogP contribution in [0.2, 0.25) is 0 Å². The highest BCUT2D eigenvalue weighted by molar-refractivity contribution is 7.10. The first-order chi connectivity index (χ1) is 11.7. The highest BCUT2D eigenvalue weighted by Gasteiger charge is 2.29. The molecule has 1 aliphatic heterocycles. The van der Waals surface area contributed by atoms with Crippen molar-refractivity contribution < 1.29 is 9.59 Å². The van der Waals surface area contributed by atoms with E-state index in [4.69, 9.17) is 0 Å². The van der Waals surface area contributed by atoms with E-state index < -0.39 is 0 Å². The molecule has 2 aromatic rings. The van der Waals surface area contributed by atoms with Gasteiger partial charge in [0, 0.05) is 35.3 Å². The summed E-state index contributed by atoms with van der Waals surface area (Å²) in [4.78, 5) is 27.9. The van der Waals surface area contributed by atoms with Crippen molar-refractivity contribution in [3.8, 4) is 0 Å². The zero-order valence-electron chi connectivity index (χ0n) is 13.8. The van der Waals surface area contributed by atoms with Gasteiger partial charge in [-0.1, -0.05) is 6.92 Å². The van der Waals surface area contributed by atoms with Gasteiger partial charge in [-0.05, 0) is 47.7 Å². The Bertz CT molecular complexity index is 694. The molecule has 0 saturated carbocycles. The minimum Gasteiger partial charge on any atom is -0.352 e. The molecular weight excluding hydrogens is 340 g/mol. The fourth-order valence-electron chi connectivity index (χ4n) is 3.22. The second-order valence-corrected chi connectivity index (χ2v) is 7.71. The maximum absolute atomic E-state index is 12.6. The minimum absolute atomic E-state index is 0.0592. The molecular formula is C18H22N2O2S2. The third-order valence-corrected chi connectivity index (χ3v) is 6.12. The molecule has 1 atom stereocenters. The van der Waals surface area contributed by atoms with Gasteiger partial charge >= 0.3 is 0 Å². The Labute approximate surface area is 150 Å². The van der Waals surface area contributed by atoms with Crippen LogP contribution in [0, 0.1) is 0 Å². The Morgan fingerprint density at radius 1 is 1.33 bits per heavy atom. The van der Waals surface area contributed by atoms with E-state index in [1.54, 1.807) is 11.3 Å². The average molecular weight is 363 g/mol. The van der Waals surface area contributed by atoms with Crippen LogP contribution in [-0.2, 0) is 11.2 Å². The lowest BCUT2D eigenvalue weighted by Crippen LogP contribution is -2.39. The van der Waals surface area contributed by atoms with Crippen molar-refractivity contribution in [1.82, 2.24) is 10.2 Å². The standard InChI is InChI=1S/C18H22N2O2S2/c1-2-15-14-7-11-24-16(14)5-9-20(15)17(21)4-3-8-19-18(22)13-6-10-23-12-13/h6-7,10-12,15H,2-5,8-9H2,1H3,(H,19,22). The van der Waals surface area contributed by atoms with Crippen LogP contribution in [0.5, 0.6) is 0 Å². The molecule has 1 N–H and O–H groups in total. The van der Waals surface area contributed by atoms with Gasteiger partial charge in [-0.3, -0.25) is 9.59 Å². The molecule has 3 rings (SSSR count). The van der Waals surface area contributed by atoms with E-state index in [2.05, 4.69) is 23.7 Å². The number of carbonyl (C=O) groups is 2. The first-order valence-electron chi connectivity index (χ1n) is 8.36. The third kappa shape index (κ3) is 3.70. The predicted molar refractivity (Wildman–Crippen MR) is 98.7 cm³/mol. The lowest BCUT2D eigenvalue weighted by molar-refractivity contribution is -0.134. The molecule has 2 amide bonds. The third-order valence-electron chi connectivity index (χ3n) is 4.44. The molecule has 3 heterocycles. The van der Waals surface area contributed by atoms with E-state index in [1.807, 2.05) is 21.7 Å². The van der Waals surface area contributed by atoms with Crippen LogP contribution in [0.4, 0.5) is 0 Å². The van der Waals surface area contributed by atoms with Crippen LogP contribution in [-0.4, -0.2) is 29.8 Å². The Hall–Kier alpha value is -1.66. The normalized spacial score (nSPS) is 16.7. The largest absolute Gasteiger partial charge is 0.352 e. The molecule has 2 aromatic heterocycles. The SMILES string of the molecule is CCC1c2ccsc2CCN1C(=O)CCCNC(=O)c1ccsc1. The van der Waals surface area contributed by atoms with Gasteiger partial charge in [-0.15, -0.1) is 11.3 Å². The zero-order chi connectivity index (χ0) is 16.9. The van der Waals surface area contributed by atoms with Gasteiger partial charge < -0.3 is 10.2 Å². The lowest BCUT2D eigenvalue weighted by Gasteiger charge is -2.35. The summed E-state index contributed by atoms with van der Waals surface area (Å²) in [6.45, 7) is 3.49. The maximum Gasteiger partial charge on any atom is 0.252 e. The second-order valence-electron chi connectivity index (χ2n) is 5.93. The Morgan fingerprint density at radius 2 is 2.21 bits per heavy atom. The first kappa shape index (κ1) is 17.2. The molecule has 1 unspecified atom stereocenters. The topological polar surface area (TPSA) is 49.4 Å². The molecule has 0 aliphatic carbocycles. The van der Waals surface area contributed by atoms with E-state index in [0.717, 1.165) is 19.4 Å². The quantitative estimate of drug-likeness (QED) is 0.794. The van der Waals surface area contributed by atoms with E-state index >= 15 is 0 Å². The molecule has 128 valence electrons. The monoisotopic (exact) mass is 362 g/mol. The van der Waals surface area contributed by atoms with Crippen LogP contribution >= 0.6 is 22.7 Å². The molecule has 1 aliphatic rings. The van der Waals surface area contributed by atoms with Crippen molar-refractivity contribution in [3.05, 3.63) is 44.3 Å². The van der Waals surface area contributed by atoms with E-state index in [0.29, 0.717) is 24.9 Å². The molecule has 0 spiro atoms. The predicted octanol–water partition coefficient (Wildman–Crippen LogP) is 3.86. The summed E-state index contributed by atoms with van der Waals surface area (Å²) >= 11 is 3.30. The number of hydrogen-bond donors (Lipinski definition) is 1. The average Bonchev–Trinajstić information content (AvgIpc) is 3.28. The number of fused-ring (bicyclic) bond motifs is 1. The van der Waals surface area contributed by atoms with Gasteiger partial charge in [0.25, 0.3) is 5.91 Å². The second kappa shape index (κ2) is 7.94. The van der Waals surface area contributed by atoms with Crippen LogP contribution < -0.4 is 5.32 Å². The minimum atomic E-state index is -0.0592. The summed E-state index contributed by atoms with van der Waals surface area (Å²) in [7, 11) is 0. The zero-order valence-corrected chi connectivity index (χ0v) is 15.4. The highest BCUT2D eigenvalue weighted by Crippen LogP contribution is 2.35. The van der Waals surface area contributed by atoms with Crippen LogP contribution in [0.25, 0.3) is 0 Å². The number of hydrogen-bond acceptors (Lipinski definition) is 4. The van der Waals surface area contributed by atoms with E-state index in [-0.39, 0.29) is 17.9 Å². The number of thiophene rings is 2. The summed E-state index contributed by atoms with van der Waals surface area (Å²) in [5, 5.41) is 8.72. The van der Waals surface area contributed by atoms with Gasteiger partial charge in [0.1, 0.15) is 0 Å². The number of amides is 2. The Kier molecular flexibility index (Phi) is 5.68. The van der Waals surface area contributed by atoms with Gasteiger partial charge in [0.2, 0.25) is 5.91 Å². The van der Waals surface area contributed by atoms with Crippen molar-refractivity contribution in [1.29, 1.82) is 0 Å². The van der Waals surface area contributed by atoms with Crippen molar-refractivity contribution in [2.75, 3.05) is 13.1 Å². The molecule has 0 aromatic carbocycles. The van der Waals surface area contributed by atoms with Gasteiger partial charge in [-0.2, -0.15) is 11.3 Å². The summed E-state index contributed by atoms with van der Waals surface area (Å²) in [6, 6.07) is 4.19. The molecule has 24 heavy (non-hydrogen) atoms. The molecule has 6 heteroatoms. The maximum atomic E-state index is 12.6. The van der Waals surface area contributed by atoms with Crippen LogP contribution in [0.3, 0.4) is 0 Å². The summed E-state index contributed by atoms with van der Waals surface area (Å²) in [5.74, 6) is 0.138. The van der Waals surface area contributed by atoms with E-state index in [1.165, 1.54) is 21.8 Å². The number of nitrogens with one attached hydrogen (secondary N) is 1. The number of carbonyl (C=O) groups excluding carboxylic acids is 2. The fraction of sp³-hybridized carbons (Fsp3) is 0.444. The van der Waals surface area contributed by atoms with Gasteiger partial charge in [0.15, 0.2) is 0 Å². The Balaban J connectivity index is 1.48. The van der Waals surface area contributed by atoms with Crippen molar-refractivity contribution >= 4 is 34.5 Å². The molecule has 0 bridgehead atoms. The highest BCUT2D eigenvalue weighted by atomic mass is 32.1. The van der Waals surface area contributed by atoms with Crippen molar-refractivity contribution in [2.45, 2.75) is 38.6 Å². The van der Waals surface area contributed by atoms with Crippen molar-refractivity contribution in [3.63, 3.8) is 0 Å². The number of nitrogens with zero attached hydrogens (tertiary/aromatic N) is 1. The summed E-state index contributed by atoms with van der Waals surface area (Å²) < 4.78 is 0. The molecule has 4 nitrogen and oxygen atoms in total. The first-order valence-corrected chi connectivity index (χ1v) is 10.2. The summed E-state index contributed by atoms with van der Waals surface area (Å²) in [5.41, 5.74) is 2.02. The van der Waals surface area contributed by atoms with Gasteiger partial charge in [0.05, 0.1) is 6.04 Å². The molecule has 0 radical (unpaired) electrons.